The van der Waals surface area contributed by atoms with Crippen LogP contribution < -0.4 is 11.1 Å². The monoisotopic (exact) mass is 297 g/mol. The van der Waals surface area contributed by atoms with Crippen molar-refractivity contribution in [3.8, 4) is 0 Å². The molecule has 4 heteroatoms. The molecule has 1 amide bonds. The van der Waals surface area contributed by atoms with E-state index in [-0.39, 0.29) is 11.8 Å². The molecule has 0 aromatic carbocycles. The number of nitrogens with two attached hydrogens (primary N) is 1. The van der Waals surface area contributed by atoms with Crippen LogP contribution in [0, 0.1) is 23.2 Å². The molecule has 0 aromatic rings. The fraction of sp³-hybridized carbons (Fsp3) is 0.941. The Morgan fingerprint density at radius 3 is 2.48 bits per heavy atom. The second-order valence-corrected chi connectivity index (χ2v) is 7.89. The molecule has 1 rings (SSSR count). The van der Waals surface area contributed by atoms with E-state index in [1.54, 1.807) is 7.05 Å². The van der Waals surface area contributed by atoms with Gasteiger partial charge in [-0.25, -0.2) is 0 Å². The Morgan fingerprint density at radius 2 is 2.00 bits per heavy atom. The number of carbonyl (C=O) groups is 1. The van der Waals surface area contributed by atoms with Gasteiger partial charge >= 0.3 is 0 Å². The molecule has 0 radical (unpaired) electrons. The largest absolute Gasteiger partial charge is 0.359 e. The Labute approximate surface area is 130 Å². The van der Waals surface area contributed by atoms with Gasteiger partial charge in [-0.2, -0.15) is 0 Å². The van der Waals surface area contributed by atoms with Gasteiger partial charge < -0.3 is 16.0 Å². The van der Waals surface area contributed by atoms with Crippen molar-refractivity contribution in [1.29, 1.82) is 0 Å². The van der Waals surface area contributed by atoms with Crippen molar-refractivity contribution in [3.05, 3.63) is 0 Å². The van der Waals surface area contributed by atoms with Gasteiger partial charge in [-0.1, -0.05) is 27.7 Å². The maximum Gasteiger partial charge on any atom is 0.223 e. The van der Waals surface area contributed by atoms with Gasteiger partial charge in [0.05, 0.1) is 0 Å². The Kier molecular flexibility index (Phi) is 6.67. The van der Waals surface area contributed by atoms with E-state index in [2.05, 4.69) is 38.0 Å². The predicted molar refractivity (Wildman–Crippen MR) is 89.0 cm³/mol. The summed E-state index contributed by atoms with van der Waals surface area (Å²) in [5, 5.41) is 2.74. The van der Waals surface area contributed by atoms with Crippen LogP contribution in [0.25, 0.3) is 0 Å². The summed E-state index contributed by atoms with van der Waals surface area (Å²) < 4.78 is 0. The molecule has 0 spiro atoms. The maximum atomic E-state index is 11.7. The highest BCUT2D eigenvalue weighted by molar-refractivity contribution is 5.78. The third-order valence-electron chi connectivity index (χ3n) is 5.31. The molecule has 1 aliphatic carbocycles. The van der Waals surface area contributed by atoms with E-state index in [0.29, 0.717) is 17.4 Å². The molecule has 1 saturated carbocycles. The van der Waals surface area contributed by atoms with Crippen LogP contribution in [0.5, 0.6) is 0 Å². The molecule has 0 aliphatic heterocycles. The molecule has 1 aliphatic rings. The number of hydrogen-bond donors (Lipinski definition) is 2. The third kappa shape index (κ3) is 4.96. The molecule has 124 valence electrons. The zero-order chi connectivity index (χ0) is 16.2. The highest BCUT2D eigenvalue weighted by Gasteiger charge is 2.37. The second kappa shape index (κ2) is 7.59. The van der Waals surface area contributed by atoms with Crippen molar-refractivity contribution in [2.24, 2.45) is 28.9 Å². The molecule has 4 atom stereocenters. The minimum absolute atomic E-state index is 0.0217. The minimum Gasteiger partial charge on any atom is -0.359 e. The molecule has 0 saturated heterocycles. The molecule has 1 fully saturated rings. The van der Waals surface area contributed by atoms with Gasteiger partial charge in [-0.05, 0) is 50.1 Å². The SMILES string of the molecule is CNC(=O)C(C)CN(C)C1CC(C(C)(C)C)CCC1CN. The molecule has 21 heavy (non-hydrogen) atoms. The van der Waals surface area contributed by atoms with Crippen LogP contribution in [0.2, 0.25) is 0 Å². The van der Waals surface area contributed by atoms with Crippen LogP contribution in [0.15, 0.2) is 0 Å². The van der Waals surface area contributed by atoms with Gasteiger partial charge in [0.25, 0.3) is 0 Å². The summed E-state index contributed by atoms with van der Waals surface area (Å²) in [7, 11) is 3.86. The Balaban J connectivity index is 2.72. The molecule has 3 N–H and O–H groups in total. The zero-order valence-corrected chi connectivity index (χ0v) is 14.8. The van der Waals surface area contributed by atoms with Crippen LogP contribution >= 0.6 is 0 Å². The van der Waals surface area contributed by atoms with E-state index < -0.39 is 0 Å². The first kappa shape index (κ1) is 18.4. The summed E-state index contributed by atoms with van der Waals surface area (Å²) in [5.41, 5.74) is 6.35. The van der Waals surface area contributed by atoms with Crippen molar-refractivity contribution in [2.45, 2.75) is 53.0 Å². The normalized spacial score (nSPS) is 28.5. The average molecular weight is 297 g/mol. The first-order chi connectivity index (χ1) is 9.70. The third-order valence-corrected chi connectivity index (χ3v) is 5.31. The lowest BCUT2D eigenvalue weighted by Gasteiger charge is -2.45. The van der Waals surface area contributed by atoms with Crippen molar-refractivity contribution < 1.29 is 4.79 Å². The molecule has 4 unspecified atom stereocenters. The fourth-order valence-electron chi connectivity index (χ4n) is 3.71. The summed E-state index contributed by atoms with van der Waals surface area (Å²) in [4.78, 5) is 14.1. The smallest absolute Gasteiger partial charge is 0.223 e. The summed E-state index contributed by atoms with van der Waals surface area (Å²) in [6.45, 7) is 10.6. The maximum absolute atomic E-state index is 11.7. The van der Waals surface area contributed by atoms with E-state index in [0.717, 1.165) is 19.0 Å². The van der Waals surface area contributed by atoms with E-state index in [9.17, 15) is 4.79 Å². The summed E-state index contributed by atoms with van der Waals surface area (Å²) in [6, 6.07) is 0.500. The number of nitrogens with zero attached hydrogens (tertiary/aromatic N) is 1. The van der Waals surface area contributed by atoms with Crippen LogP contribution in [0.4, 0.5) is 0 Å². The highest BCUT2D eigenvalue weighted by Crippen LogP contribution is 2.41. The van der Waals surface area contributed by atoms with Crippen LogP contribution in [-0.4, -0.2) is 44.0 Å². The highest BCUT2D eigenvalue weighted by atomic mass is 16.1. The van der Waals surface area contributed by atoms with Crippen molar-refractivity contribution in [3.63, 3.8) is 0 Å². The topological polar surface area (TPSA) is 58.4 Å². The molecular formula is C17H35N3O. The molecule has 4 nitrogen and oxygen atoms in total. The van der Waals surface area contributed by atoms with Crippen LogP contribution in [-0.2, 0) is 4.79 Å². The number of nitrogens with one attached hydrogen (secondary N) is 1. The van der Waals surface area contributed by atoms with E-state index in [1.807, 2.05) is 6.92 Å². The summed E-state index contributed by atoms with van der Waals surface area (Å²) >= 11 is 0. The minimum atomic E-state index is 0.0217. The van der Waals surface area contributed by atoms with Crippen LogP contribution in [0.3, 0.4) is 0 Å². The van der Waals surface area contributed by atoms with Gasteiger partial charge in [-0.15, -0.1) is 0 Å². The van der Waals surface area contributed by atoms with Crippen molar-refractivity contribution >= 4 is 5.91 Å². The second-order valence-electron chi connectivity index (χ2n) is 7.89. The number of carbonyl (C=O) groups excluding carboxylic acids is 1. The van der Waals surface area contributed by atoms with Crippen molar-refractivity contribution in [2.75, 3.05) is 27.2 Å². The van der Waals surface area contributed by atoms with E-state index in [4.69, 9.17) is 5.73 Å². The number of rotatable bonds is 5. The number of amides is 1. The van der Waals surface area contributed by atoms with Gasteiger partial charge in [0, 0.05) is 25.6 Å². The van der Waals surface area contributed by atoms with Gasteiger partial charge in [0.15, 0.2) is 0 Å². The Morgan fingerprint density at radius 1 is 1.38 bits per heavy atom. The number of hydrogen-bond acceptors (Lipinski definition) is 3. The molecule has 0 bridgehead atoms. The fourth-order valence-corrected chi connectivity index (χ4v) is 3.71. The summed E-state index contributed by atoms with van der Waals surface area (Å²) in [5.74, 6) is 1.44. The molecule has 0 aromatic heterocycles. The summed E-state index contributed by atoms with van der Waals surface area (Å²) in [6.07, 6.45) is 3.69. The van der Waals surface area contributed by atoms with Crippen molar-refractivity contribution in [1.82, 2.24) is 10.2 Å². The van der Waals surface area contributed by atoms with Gasteiger partial charge in [-0.3, -0.25) is 4.79 Å². The first-order valence-corrected chi connectivity index (χ1v) is 8.32. The standard InChI is InChI=1S/C17H35N3O/c1-12(16(21)19-5)11-20(6)15-9-14(17(2,3)4)8-7-13(15)10-18/h12-15H,7-11,18H2,1-6H3,(H,19,21). The van der Waals surface area contributed by atoms with Gasteiger partial charge in [0.1, 0.15) is 0 Å². The lowest BCUT2D eigenvalue weighted by atomic mass is 9.67. The lowest BCUT2D eigenvalue weighted by Crippen LogP contribution is -2.49. The van der Waals surface area contributed by atoms with Gasteiger partial charge in [0.2, 0.25) is 5.91 Å². The average Bonchev–Trinajstić information content (AvgIpc) is 2.44. The lowest BCUT2D eigenvalue weighted by molar-refractivity contribution is -0.124. The quantitative estimate of drug-likeness (QED) is 0.817. The Bertz CT molecular complexity index is 337. The molecular weight excluding hydrogens is 262 g/mol. The van der Waals surface area contributed by atoms with E-state index >= 15 is 0 Å². The predicted octanol–water partition coefficient (Wildman–Crippen LogP) is 2.09. The zero-order valence-electron chi connectivity index (χ0n) is 14.8. The van der Waals surface area contributed by atoms with Crippen LogP contribution in [0.1, 0.15) is 47.0 Å². The first-order valence-electron chi connectivity index (χ1n) is 8.32. The Hall–Kier alpha value is -0.610. The van der Waals surface area contributed by atoms with E-state index in [1.165, 1.54) is 19.3 Å². The molecule has 0 heterocycles.